The molecule has 0 spiro atoms. The Bertz CT molecular complexity index is 470. The lowest BCUT2D eigenvalue weighted by Gasteiger charge is -2.27. The Morgan fingerprint density at radius 1 is 1.50 bits per heavy atom. The van der Waals surface area contributed by atoms with Gasteiger partial charge in [0.1, 0.15) is 5.54 Å². The zero-order valence-electron chi connectivity index (χ0n) is 12.6. The lowest BCUT2D eigenvalue weighted by Crippen LogP contribution is -2.52. The van der Waals surface area contributed by atoms with Crippen LogP contribution in [0.2, 0.25) is 0 Å². The summed E-state index contributed by atoms with van der Waals surface area (Å²) < 4.78 is 6.48. The molecule has 0 saturated heterocycles. The molecule has 20 heavy (non-hydrogen) atoms. The van der Waals surface area contributed by atoms with Crippen molar-refractivity contribution in [1.29, 1.82) is 0 Å². The SMILES string of the molecule is CCCC(C)(NC(=O)CCn1cc(C)cn1)C(=O)OC. The molecule has 1 aromatic heterocycles. The van der Waals surface area contributed by atoms with Crippen molar-refractivity contribution in [3.05, 3.63) is 18.0 Å². The third-order valence-electron chi connectivity index (χ3n) is 3.13. The van der Waals surface area contributed by atoms with Crippen LogP contribution < -0.4 is 5.32 Å². The number of aromatic nitrogens is 2. The number of methoxy groups -OCH3 is 1. The first-order chi connectivity index (χ1) is 9.41. The van der Waals surface area contributed by atoms with Gasteiger partial charge in [-0.15, -0.1) is 0 Å². The van der Waals surface area contributed by atoms with Gasteiger partial charge in [-0.05, 0) is 25.8 Å². The van der Waals surface area contributed by atoms with E-state index in [0.717, 1.165) is 12.0 Å². The Balaban J connectivity index is 2.56. The second-order valence-electron chi connectivity index (χ2n) is 5.15. The molecule has 0 saturated carbocycles. The first-order valence-electron chi connectivity index (χ1n) is 6.79. The molecule has 1 aromatic rings. The smallest absolute Gasteiger partial charge is 0.331 e. The minimum Gasteiger partial charge on any atom is -0.467 e. The Morgan fingerprint density at radius 2 is 2.20 bits per heavy atom. The molecule has 1 amide bonds. The van der Waals surface area contributed by atoms with Gasteiger partial charge in [0.15, 0.2) is 0 Å². The first kappa shape index (κ1) is 16.2. The van der Waals surface area contributed by atoms with E-state index in [4.69, 9.17) is 4.74 Å². The van der Waals surface area contributed by atoms with Crippen LogP contribution >= 0.6 is 0 Å². The molecular formula is C14H23N3O3. The lowest BCUT2D eigenvalue weighted by atomic mass is 9.96. The largest absolute Gasteiger partial charge is 0.467 e. The van der Waals surface area contributed by atoms with Crippen LogP contribution in [-0.4, -0.2) is 34.3 Å². The highest BCUT2D eigenvalue weighted by atomic mass is 16.5. The minimum atomic E-state index is -0.958. The summed E-state index contributed by atoms with van der Waals surface area (Å²) in [6.45, 7) is 6.08. The van der Waals surface area contributed by atoms with Gasteiger partial charge in [0.2, 0.25) is 5.91 Å². The predicted octanol–water partition coefficient (Wildman–Crippen LogP) is 1.43. The Labute approximate surface area is 119 Å². The monoisotopic (exact) mass is 281 g/mol. The standard InChI is InChI=1S/C14H23N3O3/c1-5-7-14(3,13(19)20-4)16-12(18)6-8-17-10-11(2)9-15-17/h9-10H,5-8H2,1-4H3,(H,16,18). The van der Waals surface area contributed by atoms with Gasteiger partial charge in [-0.3, -0.25) is 9.48 Å². The number of esters is 1. The number of aryl methyl sites for hydroxylation is 2. The van der Waals surface area contributed by atoms with Crippen LogP contribution in [0, 0.1) is 6.92 Å². The number of hydrogen-bond donors (Lipinski definition) is 1. The fraction of sp³-hybridized carbons (Fsp3) is 0.643. The van der Waals surface area contributed by atoms with Gasteiger partial charge >= 0.3 is 5.97 Å². The van der Waals surface area contributed by atoms with Gasteiger partial charge in [-0.2, -0.15) is 5.10 Å². The maximum atomic E-state index is 12.0. The average Bonchev–Trinajstić information content (AvgIpc) is 2.81. The summed E-state index contributed by atoms with van der Waals surface area (Å²) in [6, 6.07) is 0. The van der Waals surface area contributed by atoms with Crippen LogP contribution in [0.4, 0.5) is 0 Å². The molecule has 0 aliphatic rings. The highest BCUT2D eigenvalue weighted by Gasteiger charge is 2.34. The van der Waals surface area contributed by atoms with Crippen LogP contribution in [-0.2, 0) is 20.9 Å². The van der Waals surface area contributed by atoms with Gasteiger partial charge in [-0.25, -0.2) is 4.79 Å². The second kappa shape index (κ2) is 7.07. The van der Waals surface area contributed by atoms with Crippen LogP contribution in [0.1, 0.15) is 38.7 Å². The van der Waals surface area contributed by atoms with E-state index in [9.17, 15) is 9.59 Å². The molecule has 0 bridgehead atoms. The van der Waals surface area contributed by atoms with Gasteiger partial charge in [-0.1, -0.05) is 13.3 Å². The van der Waals surface area contributed by atoms with Crippen molar-refractivity contribution < 1.29 is 14.3 Å². The molecule has 6 heteroatoms. The maximum absolute atomic E-state index is 12.0. The Hall–Kier alpha value is -1.85. The van der Waals surface area contributed by atoms with Gasteiger partial charge in [0, 0.05) is 19.2 Å². The fourth-order valence-corrected chi connectivity index (χ4v) is 2.12. The molecule has 6 nitrogen and oxygen atoms in total. The summed E-state index contributed by atoms with van der Waals surface area (Å²) >= 11 is 0. The molecule has 1 N–H and O–H groups in total. The number of nitrogens with one attached hydrogen (secondary N) is 1. The summed E-state index contributed by atoms with van der Waals surface area (Å²) in [4.78, 5) is 23.8. The van der Waals surface area contributed by atoms with Crippen LogP contribution in [0.15, 0.2) is 12.4 Å². The normalized spacial score (nSPS) is 13.6. The molecule has 0 fully saturated rings. The Kier molecular flexibility index (Phi) is 5.73. The fourth-order valence-electron chi connectivity index (χ4n) is 2.12. The molecule has 112 valence electrons. The van der Waals surface area contributed by atoms with Crippen molar-refractivity contribution in [3.63, 3.8) is 0 Å². The van der Waals surface area contributed by atoms with E-state index in [1.165, 1.54) is 7.11 Å². The molecule has 1 heterocycles. The second-order valence-corrected chi connectivity index (χ2v) is 5.15. The quantitative estimate of drug-likeness (QED) is 0.767. The van der Waals surface area contributed by atoms with Crippen molar-refractivity contribution in [2.45, 2.75) is 52.1 Å². The molecule has 0 radical (unpaired) electrons. The van der Waals surface area contributed by atoms with E-state index in [2.05, 4.69) is 10.4 Å². The number of amides is 1. The zero-order chi connectivity index (χ0) is 15.2. The minimum absolute atomic E-state index is 0.181. The highest BCUT2D eigenvalue weighted by Crippen LogP contribution is 2.14. The topological polar surface area (TPSA) is 73.2 Å². The molecule has 1 atom stereocenters. The van der Waals surface area contributed by atoms with E-state index in [1.54, 1.807) is 17.8 Å². The number of rotatable bonds is 7. The average molecular weight is 281 g/mol. The molecule has 1 rings (SSSR count). The zero-order valence-corrected chi connectivity index (χ0v) is 12.6. The summed E-state index contributed by atoms with van der Waals surface area (Å²) in [5, 5.41) is 6.88. The van der Waals surface area contributed by atoms with Crippen molar-refractivity contribution in [3.8, 4) is 0 Å². The molecule has 0 aliphatic carbocycles. The van der Waals surface area contributed by atoms with Crippen molar-refractivity contribution in [2.75, 3.05) is 7.11 Å². The van der Waals surface area contributed by atoms with Gasteiger partial charge in [0.05, 0.1) is 13.3 Å². The molecule has 0 aromatic carbocycles. The third kappa shape index (κ3) is 4.36. The highest BCUT2D eigenvalue weighted by molar-refractivity contribution is 5.87. The van der Waals surface area contributed by atoms with Crippen molar-refractivity contribution in [1.82, 2.24) is 15.1 Å². The van der Waals surface area contributed by atoms with Crippen LogP contribution in [0.3, 0.4) is 0 Å². The number of carbonyl (C=O) groups excluding carboxylic acids is 2. The molecule has 1 unspecified atom stereocenters. The number of hydrogen-bond acceptors (Lipinski definition) is 4. The summed E-state index contributed by atoms with van der Waals surface area (Å²) in [7, 11) is 1.33. The molecular weight excluding hydrogens is 258 g/mol. The van der Waals surface area contributed by atoms with Crippen molar-refractivity contribution >= 4 is 11.9 Å². The molecule has 0 aliphatic heterocycles. The number of nitrogens with zero attached hydrogens (tertiary/aromatic N) is 2. The van der Waals surface area contributed by atoms with E-state index in [0.29, 0.717) is 13.0 Å². The number of ether oxygens (including phenoxy) is 1. The van der Waals surface area contributed by atoms with E-state index >= 15 is 0 Å². The van der Waals surface area contributed by atoms with E-state index in [-0.39, 0.29) is 12.3 Å². The summed E-state index contributed by atoms with van der Waals surface area (Å²) in [5.41, 5.74) is 0.0939. The lowest BCUT2D eigenvalue weighted by molar-refractivity contribution is -0.150. The van der Waals surface area contributed by atoms with Crippen LogP contribution in [0.25, 0.3) is 0 Å². The predicted molar refractivity (Wildman–Crippen MR) is 75.1 cm³/mol. The Morgan fingerprint density at radius 3 is 2.70 bits per heavy atom. The first-order valence-corrected chi connectivity index (χ1v) is 6.79. The number of carbonyl (C=O) groups is 2. The van der Waals surface area contributed by atoms with Gasteiger partial charge in [0.25, 0.3) is 0 Å². The van der Waals surface area contributed by atoms with E-state index in [1.807, 2.05) is 20.0 Å². The van der Waals surface area contributed by atoms with Gasteiger partial charge < -0.3 is 10.1 Å². The summed E-state index contributed by atoms with van der Waals surface area (Å²) in [5.74, 6) is -0.595. The van der Waals surface area contributed by atoms with Crippen molar-refractivity contribution in [2.24, 2.45) is 0 Å². The van der Waals surface area contributed by atoms with E-state index < -0.39 is 11.5 Å². The third-order valence-corrected chi connectivity index (χ3v) is 3.13. The maximum Gasteiger partial charge on any atom is 0.331 e. The van der Waals surface area contributed by atoms with Crippen LogP contribution in [0.5, 0.6) is 0 Å². The summed E-state index contributed by atoms with van der Waals surface area (Å²) in [6.07, 6.45) is 5.22.